The number of amides is 1. The molecule has 88 valence electrons. The topological polar surface area (TPSA) is 81.4 Å². The normalized spacial score (nSPS) is 22.8. The predicted molar refractivity (Wildman–Crippen MR) is 47.5 cm³/mol. The minimum Gasteiger partial charge on any atom is -0.481 e. The van der Waals surface area contributed by atoms with Gasteiger partial charge in [-0.05, 0) is 0 Å². The molecule has 16 heavy (non-hydrogen) atoms. The quantitative estimate of drug-likeness (QED) is 0.772. The van der Waals surface area contributed by atoms with Crippen molar-refractivity contribution in [2.75, 3.05) is 6.54 Å². The van der Waals surface area contributed by atoms with Crippen LogP contribution >= 0.6 is 0 Å². The number of rotatable bonds is 3. The number of carbonyl (C=O) groups excluding carboxylic acids is 1. The molecule has 0 aliphatic carbocycles. The molecule has 1 rings (SSSR count). The van der Waals surface area contributed by atoms with Crippen LogP contribution in [0.4, 0.5) is 8.78 Å². The van der Waals surface area contributed by atoms with Crippen molar-refractivity contribution in [3.63, 3.8) is 0 Å². The highest BCUT2D eigenvalue weighted by molar-refractivity contribution is 5.81. The minimum absolute atomic E-state index is 0.358. The highest BCUT2D eigenvalue weighted by Gasteiger charge is 2.46. The Morgan fingerprint density at radius 3 is 2.62 bits per heavy atom. The van der Waals surface area contributed by atoms with E-state index in [0.717, 1.165) is 4.90 Å². The number of carbonyl (C=O) groups is 2. The fourth-order valence-corrected chi connectivity index (χ4v) is 1.55. The van der Waals surface area contributed by atoms with Gasteiger partial charge in [0.15, 0.2) is 0 Å². The molecule has 5 nitrogen and oxygen atoms in total. The molecule has 1 fully saturated rings. The molecule has 0 bridgehead atoms. The molecule has 1 atom stereocenters. The van der Waals surface area contributed by atoms with Crippen molar-refractivity contribution in [2.24, 2.45) is 0 Å². The second-order valence-electron chi connectivity index (χ2n) is 3.62. The van der Waals surface area contributed by atoms with Crippen molar-refractivity contribution in [2.45, 2.75) is 31.2 Å². The number of hydrogen-bond donors (Lipinski definition) is 1. The lowest BCUT2D eigenvalue weighted by Gasteiger charge is -2.18. The minimum atomic E-state index is -3.06. The van der Waals surface area contributed by atoms with Crippen molar-refractivity contribution in [1.82, 2.24) is 4.90 Å². The van der Waals surface area contributed by atoms with Gasteiger partial charge in [-0.15, -0.1) is 0 Å². The summed E-state index contributed by atoms with van der Waals surface area (Å²) in [7, 11) is 0. The molecule has 7 heteroatoms. The third-order valence-electron chi connectivity index (χ3n) is 2.29. The molecule has 0 unspecified atom stereocenters. The third-order valence-corrected chi connectivity index (χ3v) is 2.29. The van der Waals surface area contributed by atoms with Crippen molar-refractivity contribution >= 4 is 11.9 Å². The summed E-state index contributed by atoms with van der Waals surface area (Å²) in [6.07, 6.45) is -1.45. The Balaban J connectivity index is 2.62. The Kier molecular flexibility index (Phi) is 3.42. The highest BCUT2D eigenvalue weighted by atomic mass is 19.3. The average molecular weight is 232 g/mol. The first-order chi connectivity index (χ1) is 7.35. The summed E-state index contributed by atoms with van der Waals surface area (Å²) in [6.45, 7) is -0.802. The summed E-state index contributed by atoms with van der Waals surface area (Å²) in [4.78, 5) is 22.4. The Hall–Kier alpha value is -1.71. The zero-order chi connectivity index (χ0) is 12.3. The number of hydrogen-bond acceptors (Lipinski definition) is 3. The smallest absolute Gasteiger partial charge is 0.303 e. The highest BCUT2D eigenvalue weighted by Crippen LogP contribution is 2.32. The fraction of sp³-hybridized carbons (Fsp3) is 0.667. The summed E-state index contributed by atoms with van der Waals surface area (Å²) < 4.78 is 25.9. The average Bonchev–Trinajstić information content (AvgIpc) is 2.50. The molecule has 1 aliphatic heterocycles. The molecular formula is C9H10F2N2O3. The monoisotopic (exact) mass is 232 g/mol. The SMILES string of the molecule is N#C[C@@H]1CC(F)(F)CN1C(=O)CCC(=O)O. The van der Waals surface area contributed by atoms with Gasteiger partial charge in [0, 0.05) is 12.8 Å². The van der Waals surface area contributed by atoms with Crippen LogP contribution in [0, 0.1) is 11.3 Å². The van der Waals surface area contributed by atoms with Crippen LogP contribution in [-0.4, -0.2) is 40.4 Å². The first-order valence-electron chi connectivity index (χ1n) is 4.64. The van der Waals surface area contributed by atoms with E-state index in [2.05, 4.69) is 0 Å². The van der Waals surface area contributed by atoms with Gasteiger partial charge in [0.2, 0.25) is 5.91 Å². The molecule has 0 saturated carbocycles. The van der Waals surface area contributed by atoms with Gasteiger partial charge in [0.25, 0.3) is 5.92 Å². The molecule has 1 saturated heterocycles. The Morgan fingerprint density at radius 2 is 2.12 bits per heavy atom. The Labute approximate surface area is 90.3 Å². The number of carboxylic acid groups (broad SMARTS) is 1. The molecule has 0 aromatic heterocycles. The van der Waals surface area contributed by atoms with Crippen LogP contribution in [0.1, 0.15) is 19.3 Å². The van der Waals surface area contributed by atoms with Gasteiger partial charge >= 0.3 is 5.97 Å². The van der Waals surface area contributed by atoms with Gasteiger partial charge in [-0.3, -0.25) is 9.59 Å². The van der Waals surface area contributed by atoms with Crippen LogP contribution in [0.3, 0.4) is 0 Å². The van der Waals surface area contributed by atoms with Crippen molar-refractivity contribution in [3.05, 3.63) is 0 Å². The standard InChI is InChI=1S/C9H10F2N2O3/c10-9(11)3-6(4-12)13(5-9)7(14)1-2-8(15)16/h6H,1-3,5H2,(H,15,16)/t6-/m0/s1. The summed E-state index contributed by atoms with van der Waals surface area (Å²) in [6, 6.07) is 0.460. The van der Waals surface area contributed by atoms with Crippen LogP contribution in [-0.2, 0) is 9.59 Å². The van der Waals surface area contributed by atoms with Crippen LogP contribution < -0.4 is 0 Å². The zero-order valence-corrected chi connectivity index (χ0v) is 8.32. The Morgan fingerprint density at radius 1 is 1.50 bits per heavy atom. The van der Waals surface area contributed by atoms with E-state index in [-0.39, 0.29) is 6.42 Å². The fourth-order valence-electron chi connectivity index (χ4n) is 1.55. The van der Waals surface area contributed by atoms with Gasteiger partial charge in [-0.2, -0.15) is 5.26 Å². The van der Waals surface area contributed by atoms with Crippen LogP contribution in [0.2, 0.25) is 0 Å². The number of nitriles is 1. The molecule has 0 spiro atoms. The number of carboxylic acids is 1. The molecule has 0 aromatic rings. The lowest BCUT2D eigenvalue weighted by Crippen LogP contribution is -2.36. The van der Waals surface area contributed by atoms with Gasteiger partial charge in [0.1, 0.15) is 6.04 Å². The third kappa shape index (κ3) is 2.89. The van der Waals surface area contributed by atoms with E-state index in [0.29, 0.717) is 0 Å². The van der Waals surface area contributed by atoms with E-state index in [4.69, 9.17) is 10.4 Å². The van der Waals surface area contributed by atoms with E-state index in [1.807, 2.05) is 0 Å². The first kappa shape index (κ1) is 12.4. The second-order valence-corrected chi connectivity index (χ2v) is 3.62. The maximum absolute atomic E-state index is 12.9. The van der Waals surface area contributed by atoms with Crippen molar-refractivity contribution < 1.29 is 23.5 Å². The predicted octanol–water partition coefficient (Wildman–Crippen LogP) is 0.611. The maximum atomic E-state index is 12.9. The molecule has 1 amide bonds. The summed E-state index contributed by atoms with van der Waals surface area (Å²) in [5, 5.41) is 16.9. The van der Waals surface area contributed by atoms with Crippen LogP contribution in [0.5, 0.6) is 0 Å². The van der Waals surface area contributed by atoms with E-state index >= 15 is 0 Å². The maximum Gasteiger partial charge on any atom is 0.303 e. The van der Waals surface area contributed by atoms with Gasteiger partial charge in [-0.25, -0.2) is 8.78 Å². The lowest BCUT2D eigenvalue weighted by atomic mass is 10.2. The number of likely N-dealkylation sites (tertiary alicyclic amines) is 1. The van der Waals surface area contributed by atoms with E-state index < -0.39 is 43.2 Å². The number of nitrogens with zero attached hydrogens (tertiary/aromatic N) is 2. The van der Waals surface area contributed by atoms with E-state index in [1.54, 1.807) is 6.07 Å². The zero-order valence-electron chi connectivity index (χ0n) is 8.32. The second kappa shape index (κ2) is 4.43. The van der Waals surface area contributed by atoms with E-state index in [9.17, 15) is 18.4 Å². The van der Waals surface area contributed by atoms with Gasteiger partial charge < -0.3 is 10.0 Å². The summed E-state index contributed by atoms with van der Waals surface area (Å²) in [5.74, 6) is -4.95. The number of aliphatic carboxylic acids is 1. The molecule has 1 N–H and O–H groups in total. The molecule has 1 aliphatic rings. The Bertz CT molecular complexity index is 351. The van der Waals surface area contributed by atoms with Crippen LogP contribution in [0.25, 0.3) is 0 Å². The first-order valence-corrected chi connectivity index (χ1v) is 4.64. The largest absolute Gasteiger partial charge is 0.481 e. The van der Waals surface area contributed by atoms with E-state index in [1.165, 1.54) is 0 Å². The molecule has 1 heterocycles. The van der Waals surface area contributed by atoms with Gasteiger partial charge in [-0.1, -0.05) is 0 Å². The number of halogens is 2. The molecule has 0 aromatic carbocycles. The number of alkyl halides is 2. The summed E-state index contributed by atoms with van der Waals surface area (Å²) in [5.41, 5.74) is 0. The van der Waals surface area contributed by atoms with Crippen molar-refractivity contribution in [1.29, 1.82) is 5.26 Å². The molecule has 0 radical (unpaired) electrons. The lowest BCUT2D eigenvalue weighted by molar-refractivity contribution is -0.141. The molecular weight excluding hydrogens is 222 g/mol. The van der Waals surface area contributed by atoms with Gasteiger partial charge in [0.05, 0.1) is 19.0 Å². The van der Waals surface area contributed by atoms with Crippen molar-refractivity contribution in [3.8, 4) is 6.07 Å². The summed E-state index contributed by atoms with van der Waals surface area (Å²) >= 11 is 0. The van der Waals surface area contributed by atoms with Crippen LogP contribution in [0.15, 0.2) is 0 Å².